The highest BCUT2D eigenvalue weighted by Crippen LogP contribution is 2.34. The van der Waals surface area contributed by atoms with Crippen molar-refractivity contribution in [3.63, 3.8) is 0 Å². The van der Waals surface area contributed by atoms with E-state index < -0.39 is 11.6 Å². The van der Waals surface area contributed by atoms with Gasteiger partial charge in [0.25, 0.3) is 5.91 Å². The van der Waals surface area contributed by atoms with Crippen LogP contribution in [0.15, 0.2) is 18.2 Å². The predicted molar refractivity (Wildman–Crippen MR) is 171 cm³/mol. The fourth-order valence-electron chi connectivity index (χ4n) is 7.22. The number of imide groups is 1. The molecule has 5 rings (SSSR count). The molecule has 4 aliphatic rings. The molecule has 0 unspecified atom stereocenters. The molecule has 248 valence electrons. The average Bonchev–Trinajstić information content (AvgIpc) is 3.01. The lowest BCUT2D eigenvalue weighted by Gasteiger charge is -2.41. The van der Waals surface area contributed by atoms with E-state index in [9.17, 15) is 19.2 Å². The fourth-order valence-corrected chi connectivity index (χ4v) is 7.22. The molecule has 5 amide bonds. The molecule has 4 aliphatic heterocycles. The Morgan fingerprint density at radius 2 is 1.49 bits per heavy atom. The number of carbonyl (C=O) groups is 4. The number of amides is 5. The number of rotatable bonds is 7. The van der Waals surface area contributed by atoms with Gasteiger partial charge in [0.15, 0.2) is 6.61 Å². The quantitative estimate of drug-likeness (QED) is 0.478. The molecule has 0 spiro atoms. The Balaban J connectivity index is 0.993. The van der Waals surface area contributed by atoms with Crippen molar-refractivity contribution in [2.24, 2.45) is 17.8 Å². The maximum Gasteiger partial charge on any atom is 0.410 e. The van der Waals surface area contributed by atoms with Gasteiger partial charge in [0.1, 0.15) is 11.4 Å². The van der Waals surface area contributed by atoms with E-state index in [0.717, 1.165) is 83.0 Å². The molecule has 1 aromatic rings. The molecule has 1 aromatic carbocycles. The lowest BCUT2D eigenvalue weighted by molar-refractivity contribution is -0.135. The predicted octanol–water partition coefficient (Wildman–Crippen LogP) is 4.42. The molecular formula is C34H51N5O6. The first-order chi connectivity index (χ1) is 21.4. The molecule has 11 heteroatoms. The molecule has 0 atom stereocenters. The van der Waals surface area contributed by atoms with Crippen LogP contribution >= 0.6 is 0 Å². The van der Waals surface area contributed by atoms with Crippen LogP contribution in [-0.4, -0.2) is 103 Å². The zero-order valence-corrected chi connectivity index (χ0v) is 27.5. The van der Waals surface area contributed by atoms with Crippen molar-refractivity contribution in [3.8, 4) is 5.75 Å². The zero-order valence-electron chi connectivity index (χ0n) is 27.5. The second-order valence-corrected chi connectivity index (χ2v) is 14.3. The lowest BCUT2D eigenvalue weighted by Crippen LogP contribution is -2.49. The minimum absolute atomic E-state index is 0.00979. The van der Waals surface area contributed by atoms with Gasteiger partial charge < -0.3 is 24.2 Å². The van der Waals surface area contributed by atoms with Gasteiger partial charge in [-0.25, -0.2) is 9.59 Å². The molecule has 45 heavy (non-hydrogen) atoms. The van der Waals surface area contributed by atoms with Crippen LogP contribution in [-0.2, 0) is 14.3 Å². The number of anilines is 1. The van der Waals surface area contributed by atoms with E-state index in [-0.39, 0.29) is 30.9 Å². The van der Waals surface area contributed by atoms with Crippen molar-refractivity contribution < 1.29 is 28.7 Å². The largest absolute Gasteiger partial charge is 0.484 e. The first kappa shape index (κ1) is 33.0. The maximum absolute atomic E-state index is 13.0. The van der Waals surface area contributed by atoms with E-state index in [1.807, 2.05) is 49.6 Å². The average molecular weight is 626 g/mol. The van der Waals surface area contributed by atoms with Crippen LogP contribution < -0.4 is 15.0 Å². The Labute approximate surface area is 267 Å². The molecule has 4 fully saturated rings. The van der Waals surface area contributed by atoms with E-state index in [0.29, 0.717) is 29.8 Å². The van der Waals surface area contributed by atoms with Gasteiger partial charge >= 0.3 is 12.1 Å². The van der Waals surface area contributed by atoms with Gasteiger partial charge in [-0.3, -0.25) is 19.8 Å². The van der Waals surface area contributed by atoms with Crippen molar-refractivity contribution >= 4 is 29.6 Å². The number of aryl methyl sites for hydroxylation is 1. The summed E-state index contributed by atoms with van der Waals surface area (Å²) in [6.07, 6.45) is 6.66. The molecule has 0 saturated carbocycles. The van der Waals surface area contributed by atoms with Gasteiger partial charge in [-0.2, -0.15) is 0 Å². The molecular weight excluding hydrogens is 574 g/mol. The van der Waals surface area contributed by atoms with E-state index in [1.165, 1.54) is 17.7 Å². The highest BCUT2D eigenvalue weighted by Gasteiger charge is 2.33. The number of nitrogens with zero attached hydrogens (tertiary/aromatic N) is 4. The van der Waals surface area contributed by atoms with Crippen LogP contribution in [0.3, 0.4) is 0 Å². The number of hydrogen-bond donors (Lipinski definition) is 1. The number of carbonyl (C=O) groups excluding carboxylic acids is 4. The van der Waals surface area contributed by atoms with Crippen LogP contribution in [0.4, 0.5) is 15.3 Å². The summed E-state index contributed by atoms with van der Waals surface area (Å²) in [6, 6.07) is 5.01. The van der Waals surface area contributed by atoms with Crippen molar-refractivity contribution in [2.45, 2.75) is 78.2 Å². The highest BCUT2D eigenvalue weighted by molar-refractivity contribution is 6.06. The second-order valence-electron chi connectivity index (χ2n) is 14.3. The Hall–Kier alpha value is -3.34. The first-order valence-electron chi connectivity index (χ1n) is 16.8. The summed E-state index contributed by atoms with van der Waals surface area (Å²) in [5, 5.41) is 2.35. The number of ether oxygens (including phenoxy) is 2. The number of nitrogens with one attached hydrogen (secondary N) is 1. The molecule has 4 heterocycles. The van der Waals surface area contributed by atoms with Crippen molar-refractivity contribution in [1.82, 2.24) is 20.0 Å². The van der Waals surface area contributed by atoms with Gasteiger partial charge in [-0.05, 0) is 109 Å². The Morgan fingerprint density at radius 1 is 0.867 bits per heavy atom. The third-order valence-electron chi connectivity index (χ3n) is 9.86. The van der Waals surface area contributed by atoms with Gasteiger partial charge in [0.2, 0.25) is 5.91 Å². The summed E-state index contributed by atoms with van der Waals surface area (Å²) in [6.45, 7) is 14.4. The number of urea groups is 1. The third kappa shape index (κ3) is 8.89. The smallest absolute Gasteiger partial charge is 0.410 e. The van der Waals surface area contributed by atoms with E-state index in [2.05, 4.69) is 10.2 Å². The summed E-state index contributed by atoms with van der Waals surface area (Å²) in [7, 11) is 0. The fraction of sp³-hybridized carbons (Fsp3) is 0.706. The van der Waals surface area contributed by atoms with Crippen LogP contribution in [0.1, 0.15) is 71.3 Å². The van der Waals surface area contributed by atoms with E-state index in [1.54, 1.807) is 6.07 Å². The van der Waals surface area contributed by atoms with E-state index >= 15 is 0 Å². The Morgan fingerprint density at radius 3 is 2.11 bits per heavy atom. The molecule has 4 saturated heterocycles. The zero-order chi connectivity index (χ0) is 32.1. The van der Waals surface area contributed by atoms with Crippen molar-refractivity contribution in [2.75, 3.05) is 63.9 Å². The molecule has 0 bridgehead atoms. The van der Waals surface area contributed by atoms with Gasteiger partial charge in [-0.15, -0.1) is 0 Å². The summed E-state index contributed by atoms with van der Waals surface area (Å²) < 4.78 is 11.4. The minimum atomic E-state index is -0.452. The molecule has 1 N–H and O–H groups in total. The second kappa shape index (κ2) is 14.4. The van der Waals surface area contributed by atoms with Gasteiger partial charge in [0, 0.05) is 51.8 Å². The van der Waals surface area contributed by atoms with Gasteiger partial charge in [0.05, 0.1) is 5.69 Å². The highest BCUT2D eigenvalue weighted by atomic mass is 16.6. The third-order valence-corrected chi connectivity index (χ3v) is 9.86. The normalized spacial score (nSPS) is 21.6. The Bertz CT molecular complexity index is 1220. The first-order valence-corrected chi connectivity index (χ1v) is 16.8. The standard InChI is InChI=1S/C34H51N5O6/c1-24-5-6-28(21-29(24)39-20-13-30(40)35-32(39)42)44-23-31(41)37-18-11-27(12-19-37)26-9-14-36(15-10-26)22-25-7-16-38(17-8-25)33(43)45-34(2,3)4/h5-6,21,25-27H,7-20,22-23H2,1-4H3,(H,35,40,42). The van der Waals surface area contributed by atoms with Crippen molar-refractivity contribution in [3.05, 3.63) is 23.8 Å². The molecule has 0 aliphatic carbocycles. The summed E-state index contributed by atoms with van der Waals surface area (Å²) in [4.78, 5) is 57.2. The molecule has 0 aromatic heterocycles. The van der Waals surface area contributed by atoms with Crippen molar-refractivity contribution in [1.29, 1.82) is 0 Å². The molecule has 11 nitrogen and oxygen atoms in total. The van der Waals surface area contributed by atoms with E-state index in [4.69, 9.17) is 9.47 Å². The number of likely N-dealkylation sites (tertiary alicyclic amines) is 3. The van der Waals surface area contributed by atoms with Crippen LogP contribution in [0.25, 0.3) is 0 Å². The van der Waals surface area contributed by atoms with Gasteiger partial charge in [-0.1, -0.05) is 6.07 Å². The number of piperidine rings is 3. The summed E-state index contributed by atoms with van der Waals surface area (Å²) in [5.74, 6) is 2.27. The van der Waals surface area contributed by atoms with Crippen LogP contribution in [0.2, 0.25) is 0 Å². The minimum Gasteiger partial charge on any atom is -0.484 e. The number of benzene rings is 1. The maximum atomic E-state index is 13.0. The summed E-state index contributed by atoms with van der Waals surface area (Å²) in [5.41, 5.74) is 1.12. The Kier molecular flexibility index (Phi) is 10.6. The van der Waals surface area contributed by atoms with Crippen LogP contribution in [0, 0.1) is 24.7 Å². The monoisotopic (exact) mass is 625 g/mol. The lowest BCUT2D eigenvalue weighted by atomic mass is 9.78. The molecule has 0 radical (unpaired) electrons. The SMILES string of the molecule is Cc1ccc(OCC(=O)N2CCC(C3CCN(CC4CCN(C(=O)OC(C)(C)C)CC4)CC3)CC2)cc1N1CCC(=O)NC1=O. The number of hydrogen-bond acceptors (Lipinski definition) is 7. The topological polar surface area (TPSA) is 112 Å². The van der Waals surface area contributed by atoms with Crippen LogP contribution in [0.5, 0.6) is 5.75 Å². The summed E-state index contributed by atoms with van der Waals surface area (Å²) >= 11 is 0.